The summed E-state index contributed by atoms with van der Waals surface area (Å²) in [6.07, 6.45) is 3.21. The molecule has 0 aliphatic rings. The smallest absolute Gasteiger partial charge is 0.255 e. The van der Waals surface area contributed by atoms with Crippen LogP contribution in [0.4, 0.5) is 0 Å². The van der Waals surface area contributed by atoms with E-state index in [0.29, 0.717) is 29.9 Å². The Kier molecular flexibility index (Phi) is 8.02. The fourth-order valence-corrected chi connectivity index (χ4v) is 4.17. The summed E-state index contributed by atoms with van der Waals surface area (Å²) in [4.78, 5) is 28.5. The van der Waals surface area contributed by atoms with Gasteiger partial charge in [0.15, 0.2) is 0 Å². The Morgan fingerprint density at radius 1 is 1.00 bits per heavy atom. The molecule has 0 radical (unpaired) electrons. The summed E-state index contributed by atoms with van der Waals surface area (Å²) >= 11 is 0. The summed E-state index contributed by atoms with van der Waals surface area (Å²) in [5.74, 6) is 0.0165. The van der Waals surface area contributed by atoms with Gasteiger partial charge in [-0.05, 0) is 59.9 Å². The van der Waals surface area contributed by atoms with Crippen molar-refractivity contribution in [1.82, 2.24) is 15.6 Å². The zero-order valence-corrected chi connectivity index (χ0v) is 20.5. The van der Waals surface area contributed by atoms with Crippen LogP contribution in [0.2, 0.25) is 0 Å². The largest absolute Gasteiger partial charge is 0.493 e. The third-order valence-electron chi connectivity index (χ3n) is 6.09. The molecule has 2 amide bonds. The summed E-state index contributed by atoms with van der Waals surface area (Å²) < 4.78 is 5.86. The molecule has 4 aromatic rings. The summed E-state index contributed by atoms with van der Waals surface area (Å²) in [5, 5.41) is 16.7. The predicted molar refractivity (Wildman–Crippen MR) is 141 cm³/mol. The molecule has 0 saturated carbocycles. The number of benzene rings is 3. The molecular formula is C29H31N3O4. The molecule has 1 aromatic heterocycles. The highest BCUT2D eigenvalue weighted by Crippen LogP contribution is 2.28. The molecule has 3 aromatic carbocycles. The van der Waals surface area contributed by atoms with Crippen LogP contribution < -0.4 is 15.4 Å². The summed E-state index contributed by atoms with van der Waals surface area (Å²) in [7, 11) is 1.59. The van der Waals surface area contributed by atoms with Gasteiger partial charge in [0.2, 0.25) is 0 Å². The van der Waals surface area contributed by atoms with Crippen LogP contribution in [0.5, 0.6) is 5.75 Å². The number of aliphatic hydroxyl groups excluding tert-OH is 1. The lowest BCUT2D eigenvalue weighted by Crippen LogP contribution is -2.39. The fourth-order valence-electron chi connectivity index (χ4n) is 4.17. The molecule has 0 aliphatic carbocycles. The molecule has 7 nitrogen and oxygen atoms in total. The average Bonchev–Trinajstić information content (AvgIpc) is 3.33. The lowest BCUT2D eigenvalue weighted by Gasteiger charge is -2.18. The molecule has 7 heteroatoms. The summed E-state index contributed by atoms with van der Waals surface area (Å²) in [6, 6.07) is 20.1. The number of carbonyl (C=O) groups is 2. The van der Waals surface area contributed by atoms with E-state index in [-0.39, 0.29) is 18.4 Å². The first-order valence-corrected chi connectivity index (χ1v) is 12.1. The number of rotatable bonds is 10. The highest BCUT2D eigenvalue weighted by atomic mass is 16.5. The topological polar surface area (TPSA) is 103 Å². The third kappa shape index (κ3) is 5.58. The minimum Gasteiger partial charge on any atom is -0.493 e. The maximum Gasteiger partial charge on any atom is 0.255 e. The average molecular weight is 486 g/mol. The van der Waals surface area contributed by atoms with Crippen molar-refractivity contribution in [2.24, 2.45) is 0 Å². The first-order chi connectivity index (χ1) is 17.5. The molecule has 186 valence electrons. The number of aromatic nitrogens is 1. The van der Waals surface area contributed by atoms with E-state index < -0.39 is 6.04 Å². The van der Waals surface area contributed by atoms with E-state index in [1.165, 1.54) is 0 Å². The van der Waals surface area contributed by atoms with E-state index in [0.717, 1.165) is 34.0 Å². The second-order valence-electron chi connectivity index (χ2n) is 8.63. The van der Waals surface area contributed by atoms with Crippen LogP contribution in [0, 0.1) is 0 Å². The van der Waals surface area contributed by atoms with Crippen molar-refractivity contribution >= 4 is 22.7 Å². The number of nitrogens with one attached hydrogen (secondary N) is 3. The highest BCUT2D eigenvalue weighted by Gasteiger charge is 2.20. The van der Waals surface area contributed by atoms with Crippen molar-refractivity contribution in [3.05, 3.63) is 89.6 Å². The maximum absolute atomic E-state index is 13.4. The van der Waals surface area contributed by atoms with Crippen LogP contribution in [0.25, 0.3) is 22.0 Å². The number of aliphatic hydroxyl groups is 1. The van der Waals surface area contributed by atoms with E-state index in [4.69, 9.17) is 4.74 Å². The van der Waals surface area contributed by atoms with Crippen LogP contribution in [0.3, 0.4) is 0 Å². The zero-order chi connectivity index (χ0) is 25.5. The lowest BCUT2D eigenvalue weighted by atomic mass is 10.00. The van der Waals surface area contributed by atoms with Crippen molar-refractivity contribution in [2.45, 2.75) is 25.8 Å². The lowest BCUT2D eigenvalue weighted by molar-refractivity contribution is 0.0911. The van der Waals surface area contributed by atoms with E-state index in [9.17, 15) is 14.7 Å². The molecule has 1 heterocycles. The molecule has 0 bridgehead atoms. The van der Waals surface area contributed by atoms with Gasteiger partial charge < -0.3 is 25.5 Å². The number of hydrogen-bond donors (Lipinski definition) is 4. The Bertz CT molecular complexity index is 1340. The van der Waals surface area contributed by atoms with Gasteiger partial charge in [0.05, 0.1) is 24.8 Å². The molecule has 0 fully saturated rings. The van der Waals surface area contributed by atoms with Crippen LogP contribution in [-0.2, 0) is 6.42 Å². The normalized spacial score (nSPS) is 11.8. The number of H-pyrrole nitrogens is 1. The van der Waals surface area contributed by atoms with Gasteiger partial charge in [0, 0.05) is 29.7 Å². The molecular weight excluding hydrogens is 454 g/mol. The second-order valence-corrected chi connectivity index (χ2v) is 8.63. The first kappa shape index (κ1) is 25.0. The molecule has 4 N–H and O–H groups in total. The van der Waals surface area contributed by atoms with Crippen LogP contribution in [-0.4, -0.2) is 48.2 Å². The van der Waals surface area contributed by atoms with Crippen molar-refractivity contribution in [3.8, 4) is 16.9 Å². The molecule has 0 saturated heterocycles. The Morgan fingerprint density at radius 3 is 2.47 bits per heavy atom. The van der Waals surface area contributed by atoms with Gasteiger partial charge in [0.25, 0.3) is 11.8 Å². The van der Waals surface area contributed by atoms with Gasteiger partial charge in [-0.25, -0.2) is 0 Å². The predicted octanol–water partition coefficient (Wildman–Crippen LogP) is 4.32. The summed E-state index contributed by atoms with van der Waals surface area (Å²) in [6.45, 7) is 2.29. The SMILES string of the molecule is CCCOc1ccc(-c2ccc(C(=O)NC)cc2)cc1C(=O)NC(CO)Cc1c[nH]c2ccccc12. The van der Waals surface area contributed by atoms with Crippen LogP contribution >= 0.6 is 0 Å². The number of amides is 2. The van der Waals surface area contributed by atoms with Crippen molar-refractivity contribution < 1.29 is 19.4 Å². The molecule has 0 spiro atoms. The van der Waals surface area contributed by atoms with Crippen molar-refractivity contribution in [3.63, 3.8) is 0 Å². The Labute approximate surface area is 210 Å². The monoisotopic (exact) mass is 485 g/mol. The molecule has 1 atom stereocenters. The summed E-state index contributed by atoms with van der Waals surface area (Å²) in [5.41, 5.74) is 4.69. The Morgan fingerprint density at radius 2 is 1.75 bits per heavy atom. The molecule has 4 rings (SSSR count). The van der Waals surface area contributed by atoms with Gasteiger partial charge in [-0.3, -0.25) is 9.59 Å². The van der Waals surface area contributed by atoms with Crippen LogP contribution in [0.15, 0.2) is 72.9 Å². The number of ether oxygens (including phenoxy) is 1. The van der Waals surface area contributed by atoms with Gasteiger partial charge in [-0.15, -0.1) is 0 Å². The zero-order valence-electron chi connectivity index (χ0n) is 20.5. The molecule has 1 unspecified atom stereocenters. The van der Waals surface area contributed by atoms with E-state index in [1.54, 1.807) is 31.3 Å². The van der Waals surface area contributed by atoms with Crippen LogP contribution in [0.1, 0.15) is 39.6 Å². The molecule has 36 heavy (non-hydrogen) atoms. The third-order valence-corrected chi connectivity index (χ3v) is 6.09. The number of fused-ring (bicyclic) bond motifs is 1. The number of carbonyl (C=O) groups excluding carboxylic acids is 2. The Hall–Kier alpha value is -4.10. The molecule has 0 aliphatic heterocycles. The van der Waals surface area contributed by atoms with Gasteiger partial charge in [-0.1, -0.05) is 43.3 Å². The quantitative estimate of drug-likeness (QED) is 0.269. The van der Waals surface area contributed by atoms with Crippen molar-refractivity contribution in [2.75, 3.05) is 20.3 Å². The van der Waals surface area contributed by atoms with Crippen molar-refractivity contribution in [1.29, 1.82) is 0 Å². The maximum atomic E-state index is 13.4. The number of aromatic amines is 1. The van der Waals surface area contributed by atoms with E-state index in [1.807, 2.05) is 55.6 Å². The number of hydrogen-bond acceptors (Lipinski definition) is 4. The second kappa shape index (κ2) is 11.6. The minimum absolute atomic E-state index is 0.157. The van der Waals surface area contributed by atoms with Gasteiger partial charge in [0.1, 0.15) is 5.75 Å². The fraction of sp³-hybridized carbons (Fsp3) is 0.241. The minimum atomic E-state index is -0.466. The van der Waals surface area contributed by atoms with Gasteiger partial charge >= 0.3 is 0 Å². The van der Waals surface area contributed by atoms with E-state index >= 15 is 0 Å². The van der Waals surface area contributed by atoms with Gasteiger partial charge in [-0.2, -0.15) is 0 Å². The number of para-hydroxylation sites is 1. The standard InChI is InChI=1S/C29H31N3O4/c1-3-14-36-27-13-12-21(19-8-10-20(11-9-19)28(34)30-2)16-25(27)29(35)32-23(18-33)15-22-17-31-26-7-5-4-6-24(22)26/h4-13,16-17,23,31,33H,3,14-15,18H2,1-2H3,(H,30,34)(H,32,35). The Balaban J connectivity index is 1.58. The highest BCUT2D eigenvalue weighted by molar-refractivity contribution is 5.99. The first-order valence-electron chi connectivity index (χ1n) is 12.1. The van der Waals surface area contributed by atoms with E-state index in [2.05, 4.69) is 15.6 Å².